The van der Waals surface area contributed by atoms with E-state index >= 15 is 0 Å². The first-order valence-corrected chi connectivity index (χ1v) is 3.70. The van der Waals surface area contributed by atoms with Crippen LogP contribution in [0.25, 0.3) is 0 Å². The van der Waals surface area contributed by atoms with E-state index in [-0.39, 0.29) is 0 Å². The van der Waals surface area contributed by atoms with Gasteiger partial charge in [-0.05, 0) is 0 Å². The molecular weight excluding hydrogens is 243 g/mol. The molecule has 0 saturated heterocycles. The minimum absolute atomic E-state index is 0.863. The van der Waals surface area contributed by atoms with Crippen LogP contribution in [-0.2, 0) is 0 Å². The number of hydrogen-bond donors (Lipinski definition) is 1. The summed E-state index contributed by atoms with van der Waals surface area (Å²) in [5.74, 6) is 0. The summed E-state index contributed by atoms with van der Waals surface area (Å²) >= 11 is 1.26. The number of benzene rings is 1. The van der Waals surface area contributed by atoms with Gasteiger partial charge in [0.2, 0.25) is 0 Å². The van der Waals surface area contributed by atoms with E-state index in [0.29, 0.717) is 0 Å². The van der Waals surface area contributed by atoms with Crippen LogP contribution in [0.5, 0.6) is 0 Å². The monoisotopic (exact) mass is 250 g/mol. The Balaban J connectivity index is 0.000000180. The lowest BCUT2D eigenvalue weighted by atomic mass is 10.4. The minimum atomic E-state index is -0.863. The van der Waals surface area contributed by atoms with Crippen molar-refractivity contribution in [1.82, 2.24) is 0 Å². The SMILES string of the molecule is O=C(O)I.c1ccccc1. The Morgan fingerprint density at radius 3 is 1.20 bits per heavy atom. The first kappa shape index (κ1) is 9.42. The Bertz CT molecular complexity index is 144. The molecular formula is C7H7IO2. The van der Waals surface area contributed by atoms with Gasteiger partial charge in [-0.25, -0.2) is 4.79 Å². The molecule has 0 heterocycles. The largest absolute Gasteiger partial charge is 0.474 e. The Morgan fingerprint density at radius 2 is 1.10 bits per heavy atom. The molecule has 0 fully saturated rings. The molecule has 0 aliphatic heterocycles. The molecule has 0 spiro atoms. The van der Waals surface area contributed by atoms with Crippen molar-refractivity contribution in [3.63, 3.8) is 0 Å². The van der Waals surface area contributed by atoms with Crippen LogP contribution in [0.4, 0.5) is 4.79 Å². The number of carboxylic acid groups (broad SMARTS) is 1. The van der Waals surface area contributed by atoms with Crippen LogP contribution in [0, 0.1) is 0 Å². The second-order valence-electron chi connectivity index (χ2n) is 1.41. The molecule has 0 aliphatic rings. The van der Waals surface area contributed by atoms with Crippen molar-refractivity contribution in [3.8, 4) is 0 Å². The fourth-order valence-electron chi connectivity index (χ4n) is 0.385. The smallest absolute Gasteiger partial charge is 0.364 e. The predicted molar refractivity (Wildman–Crippen MR) is 48.5 cm³/mol. The Morgan fingerprint density at radius 1 is 1.00 bits per heavy atom. The van der Waals surface area contributed by atoms with Crippen LogP contribution >= 0.6 is 22.6 Å². The quantitative estimate of drug-likeness (QED) is 0.567. The summed E-state index contributed by atoms with van der Waals surface area (Å²) in [4.78, 5) is 8.99. The third-order valence-electron chi connectivity index (χ3n) is 0.667. The Labute approximate surface area is 73.0 Å². The van der Waals surface area contributed by atoms with E-state index in [9.17, 15) is 0 Å². The molecule has 0 bridgehead atoms. The van der Waals surface area contributed by atoms with Gasteiger partial charge >= 0.3 is 3.98 Å². The van der Waals surface area contributed by atoms with Crippen LogP contribution in [0.2, 0.25) is 0 Å². The van der Waals surface area contributed by atoms with Gasteiger partial charge in [-0.15, -0.1) is 0 Å². The maximum atomic E-state index is 8.99. The maximum absolute atomic E-state index is 8.99. The molecule has 54 valence electrons. The fraction of sp³-hybridized carbons (Fsp3) is 0. The summed E-state index contributed by atoms with van der Waals surface area (Å²) in [5.41, 5.74) is 0. The Hall–Kier alpha value is -0.580. The van der Waals surface area contributed by atoms with Crippen LogP contribution in [0.15, 0.2) is 36.4 Å². The zero-order valence-electron chi connectivity index (χ0n) is 5.20. The van der Waals surface area contributed by atoms with E-state index in [4.69, 9.17) is 9.90 Å². The van der Waals surface area contributed by atoms with Crippen molar-refractivity contribution in [2.45, 2.75) is 0 Å². The van der Waals surface area contributed by atoms with E-state index in [1.807, 2.05) is 36.4 Å². The predicted octanol–water partition coefficient (Wildman–Crippen LogP) is 2.79. The summed E-state index contributed by atoms with van der Waals surface area (Å²) in [5, 5.41) is 7.40. The first-order chi connectivity index (χ1) is 4.73. The van der Waals surface area contributed by atoms with Crippen molar-refractivity contribution >= 4 is 26.6 Å². The van der Waals surface area contributed by atoms with E-state index < -0.39 is 3.98 Å². The first-order valence-electron chi connectivity index (χ1n) is 2.62. The molecule has 0 atom stereocenters. The van der Waals surface area contributed by atoms with E-state index in [0.717, 1.165) is 0 Å². The molecule has 0 aromatic heterocycles. The highest BCUT2D eigenvalue weighted by molar-refractivity contribution is 14.1. The Kier molecular flexibility index (Phi) is 6.16. The normalized spacial score (nSPS) is 7.30. The summed E-state index contributed by atoms with van der Waals surface area (Å²) in [6.45, 7) is 0. The van der Waals surface area contributed by atoms with Crippen molar-refractivity contribution in [1.29, 1.82) is 0 Å². The molecule has 10 heavy (non-hydrogen) atoms. The number of carbonyl (C=O) groups is 1. The van der Waals surface area contributed by atoms with Gasteiger partial charge in [-0.2, -0.15) is 0 Å². The van der Waals surface area contributed by atoms with Gasteiger partial charge in [0.25, 0.3) is 0 Å². The lowest BCUT2D eigenvalue weighted by Gasteiger charge is -1.69. The average molecular weight is 250 g/mol. The van der Waals surface area contributed by atoms with Crippen LogP contribution in [0.1, 0.15) is 0 Å². The number of rotatable bonds is 0. The standard InChI is InChI=1S/C6H6.CHIO2/c1-2-4-6-5-3-1;2-1(3)4/h1-6H;(H,3,4). The van der Waals surface area contributed by atoms with Crippen molar-refractivity contribution in [2.75, 3.05) is 0 Å². The number of halogens is 1. The van der Waals surface area contributed by atoms with Crippen molar-refractivity contribution in [2.24, 2.45) is 0 Å². The molecule has 0 radical (unpaired) electrons. The topological polar surface area (TPSA) is 37.3 Å². The molecule has 1 N–H and O–H groups in total. The van der Waals surface area contributed by atoms with Gasteiger partial charge in [0.1, 0.15) is 0 Å². The van der Waals surface area contributed by atoms with Gasteiger partial charge < -0.3 is 5.11 Å². The summed E-state index contributed by atoms with van der Waals surface area (Å²) in [7, 11) is 0. The minimum Gasteiger partial charge on any atom is -0.474 e. The maximum Gasteiger partial charge on any atom is 0.364 e. The summed E-state index contributed by atoms with van der Waals surface area (Å²) in [6, 6.07) is 12.0. The third kappa shape index (κ3) is 10.4. The highest BCUT2D eigenvalue weighted by atomic mass is 127. The van der Waals surface area contributed by atoms with Crippen molar-refractivity contribution < 1.29 is 9.90 Å². The molecule has 0 amide bonds. The summed E-state index contributed by atoms with van der Waals surface area (Å²) in [6.07, 6.45) is 0. The van der Waals surface area contributed by atoms with Crippen LogP contribution in [0.3, 0.4) is 0 Å². The highest BCUT2D eigenvalue weighted by Crippen LogP contribution is 1.79. The van der Waals surface area contributed by atoms with Gasteiger partial charge in [0.05, 0.1) is 22.6 Å². The lowest BCUT2D eigenvalue weighted by Crippen LogP contribution is -1.64. The molecule has 0 unspecified atom stereocenters. The van der Waals surface area contributed by atoms with Gasteiger partial charge in [0.15, 0.2) is 0 Å². The van der Waals surface area contributed by atoms with Gasteiger partial charge in [-0.3, -0.25) is 0 Å². The van der Waals surface area contributed by atoms with E-state index in [1.54, 1.807) is 0 Å². The third-order valence-corrected chi connectivity index (χ3v) is 0.667. The van der Waals surface area contributed by atoms with Gasteiger partial charge in [-0.1, -0.05) is 36.4 Å². The van der Waals surface area contributed by atoms with Crippen LogP contribution in [-0.4, -0.2) is 9.08 Å². The van der Waals surface area contributed by atoms with E-state index in [1.165, 1.54) is 22.6 Å². The second-order valence-corrected chi connectivity index (χ2v) is 2.33. The highest BCUT2D eigenvalue weighted by Gasteiger charge is 1.69. The molecule has 2 nitrogen and oxygen atoms in total. The second kappa shape index (κ2) is 6.54. The molecule has 0 aliphatic carbocycles. The zero-order valence-corrected chi connectivity index (χ0v) is 7.36. The summed E-state index contributed by atoms with van der Waals surface area (Å²) < 4.78 is -0.863. The average Bonchev–Trinajstić information content (AvgIpc) is 1.90. The molecule has 1 aromatic carbocycles. The molecule has 0 saturated carbocycles. The van der Waals surface area contributed by atoms with Crippen LogP contribution < -0.4 is 0 Å². The fourth-order valence-corrected chi connectivity index (χ4v) is 0.385. The molecule has 1 rings (SSSR count). The molecule has 1 aromatic rings. The zero-order chi connectivity index (χ0) is 7.82. The lowest BCUT2D eigenvalue weighted by molar-refractivity contribution is 0.225. The van der Waals surface area contributed by atoms with Crippen molar-refractivity contribution in [3.05, 3.63) is 36.4 Å². The molecule has 3 heteroatoms. The van der Waals surface area contributed by atoms with Gasteiger partial charge in [0, 0.05) is 0 Å². The van der Waals surface area contributed by atoms with E-state index in [2.05, 4.69) is 0 Å². The number of hydrogen-bond acceptors (Lipinski definition) is 1.